The molecule has 132 valence electrons. The number of aromatic nitrogens is 1. The molecule has 0 saturated carbocycles. The summed E-state index contributed by atoms with van der Waals surface area (Å²) in [7, 11) is 0. The van der Waals surface area contributed by atoms with Gasteiger partial charge in [-0.05, 0) is 18.1 Å². The number of Topliss-reactive ketones (excluding diaryl/α,β-unsaturated/α-hetero) is 1. The summed E-state index contributed by atoms with van der Waals surface area (Å²) in [5, 5.41) is 13.3. The molecule has 1 aromatic heterocycles. The van der Waals surface area contributed by atoms with E-state index in [0.29, 0.717) is 12.1 Å². The van der Waals surface area contributed by atoms with Gasteiger partial charge in [-0.25, -0.2) is 5.48 Å². The number of rotatable bonds is 4. The highest BCUT2D eigenvalue weighted by molar-refractivity contribution is 6.02. The molecule has 2 aromatic carbocycles. The Hall–Kier alpha value is -2.96. The topological polar surface area (TPSA) is 83.4 Å². The summed E-state index contributed by atoms with van der Waals surface area (Å²) in [6, 6.07) is 16.4. The van der Waals surface area contributed by atoms with E-state index in [1.807, 2.05) is 47.0 Å². The molecule has 0 fully saturated rings. The molecule has 6 heteroatoms. The Labute approximate surface area is 150 Å². The Balaban J connectivity index is 1.88. The molecule has 1 aliphatic heterocycles. The summed E-state index contributed by atoms with van der Waals surface area (Å²) in [6.07, 6.45) is 0.780. The molecule has 0 bridgehead atoms. The van der Waals surface area contributed by atoms with E-state index in [0.717, 1.165) is 28.6 Å². The molecule has 4 rings (SSSR count). The predicted octanol–water partition coefficient (Wildman–Crippen LogP) is 2.22. The number of nitrogens with zero attached hydrogens (tertiary/aromatic N) is 1. The monoisotopic (exact) mass is 349 g/mol. The minimum Gasteiger partial charge on any atom is -0.333 e. The first kappa shape index (κ1) is 16.5. The van der Waals surface area contributed by atoms with Crippen LogP contribution in [0.2, 0.25) is 0 Å². The van der Waals surface area contributed by atoms with E-state index in [1.54, 1.807) is 17.6 Å². The Morgan fingerprint density at radius 3 is 2.62 bits per heavy atom. The average Bonchev–Trinajstić information content (AvgIpc) is 3.02. The van der Waals surface area contributed by atoms with Crippen LogP contribution in [0.3, 0.4) is 0 Å². The van der Waals surface area contributed by atoms with E-state index in [4.69, 9.17) is 5.21 Å². The molecule has 3 N–H and O–H groups in total. The number of hydrogen-bond donors (Lipinski definition) is 3. The van der Waals surface area contributed by atoms with E-state index in [2.05, 4.69) is 5.32 Å². The van der Waals surface area contributed by atoms with Crippen molar-refractivity contribution in [3.05, 3.63) is 71.4 Å². The molecule has 0 saturated heterocycles. The lowest BCUT2D eigenvalue weighted by Gasteiger charge is -2.26. The SMILES string of the molecule is O=C(Cn1c2c(c3ccccc31)CCNC2C(=O)c1ccccc1)NO. The van der Waals surface area contributed by atoms with Gasteiger partial charge in [-0.15, -0.1) is 0 Å². The highest BCUT2D eigenvalue weighted by Gasteiger charge is 2.32. The fraction of sp³-hybridized carbons (Fsp3) is 0.200. The number of nitrogens with one attached hydrogen (secondary N) is 2. The third kappa shape index (κ3) is 2.69. The van der Waals surface area contributed by atoms with Crippen molar-refractivity contribution in [1.82, 2.24) is 15.4 Å². The first-order valence-electron chi connectivity index (χ1n) is 8.56. The first-order chi connectivity index (χ1) is 12.7. The van der Waals surface area contributed by atoms with Crippen LogP contribution in [0.15, 0.2) is 54.6 Å². The van der Waals surface area contributed by atoms with Gasteiger partial charge in [0.1, 0.15) is 12.6 Å². The number of carbonyl (C=O) groups is 2. The lowest BCUT2D eigenvalue weighted by atomic mass is 9.93. The van der Waals surface area contributed by atoms with Crippen molar-refractivity contribution < 1.29 is 14.8 Å². The van der Waals surface area contributed by atoms with Crippen molar-refractivity contribution in [2.24, 2.45) is 0 Å². The zero-order valence-electron chi connectivity index (χ0n) is 14.1. The summed E-state index contributed by atoms with van der Waals surface area (Å²) in [5.74, 6) is -0.551. The maximum absolute atomic E-state index is 13.1. The zero-order chi connectivity index (χ0) is 18.1. The van der Waals surface area contributed by atoms with Gasteiger partial charge in [-0.1, -0.05) is 48.5 Å². The van der Waals surface area contributed by atoms with Crippen molar-refractivity contribution >= 4 is 22.6 Å². The minimum atomic E-state index is -0.528. The van der Waals surface area contributed by atoms with Crippen LogP contribution in [0.1, 0.15) is 27.7 Å². The van der Waals surface area contributed by atoms with E-state index in [-0.39, 0.29) is 12.3 Å². The fourth-order valence-corrected chi connectivity index (χ4v) is 3.76. The van der Waals surface area contributed by atoms with Crippen molar-refractivity contribution in [3.63, 3.8) is 0 Å². The first-order valence-corrected chi connectivity index (χ1v) is 8.56. The van der Waals surface area contributed by atoms with E-state index in [1.165, 1.54) is 0 Å². The van der Waals surface area contributed by atoms with Gasteiger partial charge in [-0.2, -0.15) is 0 Å². The lowest BCUT2D eigenvalue weighted by Crippen LogP contribution is -2.37. The summed E-state index contributed by atoms with van der Waals surface area (Å²) >= 11 is 0. The molecule has 26 heavy (non-hydrogen) atoms. The van der Waals surface area contributed by atoms with Crippen LogP contribution < -0.4 is 10.8 Å². The largest absolute Gasteiger partial charge is 0.333 e. The molecule has 1 atom stereocenters. The maximum Gasteiger partial charge on any atom is 0.263 e. The van der Waals surface area contributed by atoms with Crippen LogP contribution in [-0.4, -0.2) is 28.0 Å². The Kier molecular flexibility index (Phi) is 4.28. The normalized spacial score (nSPS) is 16.3. The summed E-state index contributed by atoms with van der Waals surface area (Å²) in [5.41, 5.74) is 5.08. The number of amides is 1. The summed E-state index contributed by atoms with van der Waals surface area (Å²) < 4.78 is 1.83. The second-order valence-electron chi connectivity index (χ2n) is 6.37. The molecular weight excluding hydrogens is 330 g/mol. The van der Waals surface area contributed by atoms with Gasteiger partial charge in [0.15, 0.2) is 5.78 Å². The molecule has 1 aliphatic rings. The zero-order valence-corrected chi connectivity index (χ0v) is 14.1. The van der Waals surface area contributed by atoms with Crippen LogP contribution >= 0.6 is 0 Å². The minimum absolute atomic E-state index is 0.0278. The van der Waals surface area contributed by atoms with Crippen LogP contribution in [-0.2, 0) is 17.8 Å². The van der Waals surface area contributed by atoms with E-state index < -0.39 is 11.9 Å². The van der Waals surface area contributed by atoms with Gasteiger partial charge >= 0.3 is 0 Å². The molecule has 0 spiro atoms. The number of hydroxylamine groups is 1. The van der Waals surface area contributed by atoms with Crippen molar-refractivity contribution in [2.75, 3.05) is 6.54 Å². The van der Waals surface area contributed by atoms with Crippen molar-refractivity contribution in [2.45, 2.75) is 19.0 Å². The molecular formula is C20H19N3O3. The number of benzene rings is 2. The molecule has 2 heterocycles. The van der Waals surface area contributed by atoms with Crippen LogP contribution in [0.5, 0.6) is 0 Å². The standard InChI is InChI=1S/C20H19N3O3/c24-17(22-26)12-23-16-9-5-4-8-14(16)15-10-11-21-18(19(15)23)20(25)13-6-2-1-3-7-13/h1-9,18,21,26H,10-12H2,(H,22,24). The van der Waals surface area contributed by atoms with Gasteiger partial charge in [0.2, 0.25) is 0 Å². The number of fused-ring (bicyclic) bond motifs is 3. The Bertz CT molecular complexity index is 979. The van der Waals surface area contributed by atoms with Gasteiger partial charge in [0, 0.05) is 28.7 Å². The predicted molar refractivity (Wildman–Crippen MR) is 97.1 cm³/mol. The highest BCUT2D eigenvalue weighted by atomic mass is 16.5. The van der Waals surface area contributed by atoms with Crippen molar-refractivity contribution in [3.8, 4) is 0 Å². The highest BCUT2D eigenvalue weighted by Crippen LogP contribution is 2.34. The van der Waals surface area contributed by atoms with Crippen LogP contribution in [0, 0.1) is 0 Å². The maximum atomic E-state index is 13.1. The van der Waals surface area contributed by atoms with Crippen LogP contribution in [0.4, 0.5) is 0 Å². The number of para-hydroxylation sites is 1. The molecule has 0 aliphatic carbocycles. The average molecular weight is 349 g/mol. The molecule has 3 aromatic rings. The van der Waals surface area contributed by atoms with E-state index in [9.17, 15) is 9.59 Å². The van der Waals surface area contributed by atoms with Gasteiger partial charge < -0.3 is 9.88 Å². The number of ketones is 1. The molecule has 1 unspecified atom stereocenters. The summed E-state index contributed by atoms with van der Waals surface area (Å²) in [6.45, 7) is 0.642. The number of carbonyl (C=O) groups excluding carboxylic acids is 2. The van der Waals surface area contributed by atoms with Gasteiger partial charge in [-0.3, -0.25) is 14.8 Å². The third-order valence-corrected chi connectivity index (χ3v) is 4.86. The number of hydrogen-bond acceptors (Lipinski definition) is 4. The third-order valence-electron chi connectivity index (χ3n) is 4.86. The van der Waals surface area contributed by atoms with Crippen molar-refractivity contribution in [1.29, 1.82) is 0 Å². The van der Waals surface area contributed by atoms with Gasteiger partial charge in [0.05, 0.1) is 0 Å². The van der Waals surface area contributed by atoms with Gasteiger partial charge in [0.25, 0.3) is 5.91 Å². The molecule has 0 radical (unpaired) electrons. The quantitative estimate of drug-likeness (QED) is 0.383. The fourth-order valence-electron chi connectivity index (χ4n) is 3.76. The lowest BCUT2D eigenvalue weighted by molar-refractivity contribution is -0.129. The van der Waals surface area contributed by atoms with Crippen LogP contribution in [0.25, 0.3) is 10.9 Å². The second-order valence-corrected chi connectivity index (χ2v) is 6.37. The summed E-state index contributed by atoms with van der Waals surface area (Å²) in [4.78, 5) is 25.0. The smallest absolute Gasteiger partial charge is 0.263 e. The van der Waals surface area contributed by atoms with E-state index >= 15 is 0 Å². The Morgan fingerprint density at radius 1 is 1.12 bits per heavy atom. The second kappa shape index (κ2) is 6.74. The molecule has 1 amide bonds. The molecule has 6 nitrogen and oxygen atoms in total. The Morgan fingerprint density at radius 2 is 1.85 bits per heavy atom.